The van der Waals surface area contributed by atoms with Crippen LogP contribution in [0, 0.1) is 6.92 Å². The van der Waals surface area contributed by atoms with Crippen LogP contribution in [0.4, 0.5) is 5.13 Å². The molecule has 1 N–H and O–H groups in total. The third kappa shape index (κ3) is 2.48. The topological polar surface area (TPSA) is 68.5 Å². The lowest BCUT2D eigenvalue weighted by Crippen LogP contribution is -2.13. The Morgan fingerprint density at radius 1 is 1.29 bits per heavy atom. The van der Waals surface area contributed by atoms with E-state index in [0.29, 0.717) is 16.3 Å². The molecular formula is C17H14N4O2S. The number of imidazole rings is 1. The summed E-state index contributed by atoms with van der Waals surface area (Å²) in [7, 11) is 1.62. The Morgan fingerprint density at radius 2 is 2.17 bits per heavy atom. The van der Waals surface area contributed by atoms with Crippen molar-refractivity contribution in [1.29, 1.82) is 0 Å². The van der Waals surface area contributed by atoms with E-state index in [4.69, 9.17) is 4.74 Å². The zero-order valence-corrected chi connectivity index (χ0v) is 13.9. The number of carbonyl (C=O) groups excluding carboxylic acids is 1. The molecule has 3 heterocycles. The average molecular weight is 338 g/mol. The Bertz CT molecular complexity index is 1070. The van der Waals surface area contributed by atoms with Gasteiger partial charge in [0.1, 0.15) is 11.4 Å². The highest BCUT2D eigenvalue weighted by Crippen LogP contribution is 2.29. The molecule has 1 amide bonds. The van der Waals surface area contributed by atoms with Crippen LogP contribution < -0.4 is 10.1 Å². The van der Waals surface area contributed by atoms with Crippen molar-refractivity contribution in [2.24, 2.45) is 0 Å². The van der Waals surface area contributed by atoms with Crippen LogP contribution in [0.2, 0.25) is 0 Å². The molecule has 0 aliphatic carbocycles. The van der Waals surface area contributed by atoms with Gasteiger partial charge < -0.3 is 9.14 Å². The highest BCUT2D eigenvalue weighted by Gasteiger charge is 2.14. The zero-order chi connectivity index (χ0) is 16.7. The standard InChI is InChI=1S/C17H14N4O2S/c1-10-9-21-7-3-4-12(15(21)18-10)16(22)20-17-19-13-6-5-11(23-2)8-14(13)24-17/h3-9H,1-2H3,(H,19,20,22). The minimum absolute atomic E-state index is 0.225. The Morgan fingerprint density at radius 3 is 3.00 bits per heavy atom. The lowest BCUT2D eigenvalue weighted by Gasteiger charge is -2.03. The number of methoxy groups -OCH3 is 1. The minimum atomic E-state index is -0.225. The average Bonchev–Trinajstić information content (AvgIpc) is 3.14. The number of aromatic nitrogens is 3. The van der Waals surface area contributed by atoms with Gasteiger partial charge in [-0.05, 0) is 37.3 Å². The van der Waals surface area contributed by atoms with Crippen molar-refractivity contribution in [2.75, 3.05) is 12.4 Å². The molecular weight excluding hydrogens is 324 g/mol. The number of nitrogens with one attached hydrogen (secondary N) is 1. The van der Waals surface area contributed by atoms with Crippen LogP contribution in [-0.4, -0.2) is 27.4 Å². The largest absolute Gasteiger partial charge is 0.497 e. The molecule has 4 rings (SSSR count). The molecule has 0 saturated heterocycles. The molecule has 0 spiro atoms. The minimum Gasteiger partial charge on any atom is -0.497 e. The summed E-state index contributed by atoms with van der Waals surface area (Å²) >= 11 is 1.41. The van der Waals surface area contributed by atoms with Crippen molar-refractivity contribution in [3.05, 3.63) is 54.0 Å². The molecule has 3 aromatic heterocycles. The normalized spacial score (nSPS) is 11.1. The van der Waals surface area contributed by atoms with E-state index in [2.05, 4.69) is 15.3 Å². The molecule has 0 fully saturated rings. The molecule has 7 heteroatoms. The van der Waals surface area contributed by atoms with Crippen LogP contribution in [-0.2, 0) is 0 Å². The number of thiazole rings is 1. The molecule has 24 heavy (non-hydrogen) atoms. The number of nitrogens with zero attached hydrogens (tertiary/aromatic N) is 3. The van der Waals surface area contributed by atoms with Crippen LogP contribution in [0.5, 0.6) is 5.75 Å². The van der Waals surface area contributed by atoms with Crippen molar-refractivity contribution in [3.8, 4) is 5.75 Å². The van der Waals surface area contributed by atoms with E-state index in [-0.39, 0.29) is 5.91 Å². The number of hydrogen-bond donors (Lipinski definition) is 1. The molecule has 1 aromatic carbocycles. The maximum absolute atomic E-state index is 12.6. The van der Waals surface area contributed by atoms with E-state index in [1.807, 2.05) is 48.0 Å². The third-order valence-electron chi connectivity index (χ3n) is 3.66. The van der Waals surface area contributed by atoms with Gasteiger partial charge in [-0.1, -0.05) is 11.3 Å². The van der Waals surface area contributed by atoms with Gasteiger partial charge in [-0.3, -0.25) is 10.1 Å². The first-order valence-electron chi connectivity index (χ1n) is 7.34. The maximum Gasteiger partial charge on any atom is 0.261 e. The van der Waals surface area contributed by atoms with E-state index in [1.54, 1.807) is 13.2 Å². The molecule has 0 bridgehead atoms. The maximum atomic E-state index is 12.6. The van der Waals surface area contributed by atoms with Crippen molar-refractivity contribution >= 4 is 38.2 Å². The lowest BCUT2D eigenvalue weighted by atomic mass is 10.2. The number of anilines is 1. The van der Waals surface area contributed by atoms with Crippen LogP contribution in [0.25, 0.3) is 15.9 Å². The van der Waals surface area contributed by atoms with E-state index >= 15 is 0 Å². The zero-order valence-electron chi connectivity index (χ0n) is 13.1. The summed E-state index contributed by atoms with van der Waals surface area (Å²) in [4.78, 5) is 21.5. The first-order chi connectivity index (χ1) is 11.6. The molecule has 0 aliphatic heterocycles. The first kappa shape index (κ1) is 14.6. The number of amides is 1. The Hall–Kier alpha value is -2.93. The monoisotopic (exact) mass is 338 g/mol. The van der Waals surface area contributed by atoms with Gasteiger partial charge in [0, 0.05) is 12.4 Å². The number of rotatable bonds is 3. The van der Waals surface area contributed by atoms with Gasteiger partial charge in [-0.15, -0.1) is 0 Å². The predicted octanol–water partition coefficient (Wildman–Crippen LogP) is 3.51. The van der Waals surface area contributed by atoms with Gasteiger partial charge in [-0.25, -0.2) is 9.97 Å². The summed E-state index contributed by atoms with van der Waals surface area (Å²) in [5, 5.41) is 3.41. The number of ether oxygens (including phenoxy) is 1. The highest BCUT2D eigenvalue weighted by molar-refractivity contribution is 7.22. The fourth-order valence-electron chi connectivity index (χ4n) is 2.56. The molecule has 0 radical (unpaired) electrons. The number of hydrogen-bond acceptors (Lipinski definition) is 5. The summed E-state index contributed by atoms with van der Waals surface area (Å²) < 4.78 is 8.01. The number of benzene rings is 1. The van der Waals surface area contributed by atoms with Gasteiger partial charge in [0.2, 0.25) is 0 Å². The smallest absolute Gasteiger partial charge is 0.261 e. The fraction of sp³-hybridized carbons (Fsp3) is 0.118. The Kier molecular flexibility index (Phi) is 3.42. The van der Waals surface area contributed by atoms with Gasteiger partial charge in [0.25, 0.3) is 5.91 Å². The number of carbonyl (C=O) groups is 1. The summed E-state index contributed by atoms with van der Waals surface area (Å²) in [6, 6.07) is 9.21. The second kappa shape index (κ2) is 5.61. The highest BCUT2D eigenvalue weighted by atomic mass is 32.1. The second-order valence-electron chi connectivity index (χ2n) is 5.34. The Balaban J connectivity index is 1.68. The molecule has 4 aromatic rings. The van der Waals surface area contributed by atoms with E-state index in [0.717, 1.165) is 21.7 Å². The van der Waals surface area contributed by atoms with Crippen molar-refractivity contribution < 1.29 is 9.53 Å². The number of fused-ring (bicyclic) bond motifs is 2. The fourth-order valence-corrected chi connectivity index (χ4v) is 3.45. The van der Waals surface area contributed by atoms with Gasteiger partial charge >= 0.3 is 0 Å². The number of pyridine rings is 1. The second-order valence-corrected chi connectivity index (χ2v) is 6.37. The summed E-state index contributed by atoms with van der Waals surface area (Å²) in [5.41, 5.74) is 2.84. The van der Waals surface area contributed by atoms with E-state index < -0.39 is 0 Å². The molecule has 6 nitrogen and oxygen atoms in total. The van der Waals surface area contributed by atoms with Gasteiger partial charge in [-0.2, -0.15) is 0 Å². The van der Waals surface area contributed by atoms with Crippen molar-refractivity contribution in [2.45, 2.75) is 6.92 Å². The summed E-state index contributed by atoms with van der Waals surface area (Å²) in [6.45, 7) is 1.90. The molecule has 0 atom stereocenters. The first-order valence-corrected chi connectivity index (χ1v) is 8.16. The van der Waals surface area contributed by atoms with E-state index in [9.17, 15) is 4.79 Å². The molecule has 120 valence electrons. The van der Waals surface area contributed by atoms with Crippen LogP contribution in [0.1, 0.15) is 16.1 Å². The molecule has 0 saturated carbocycles. The summed E-state index contributed by atoms with van der Waals surface area (Å²) in [5.74, 6) is 0.541. The predicted molar refractivity (Wildman–Crippen MR) is 94.1 cm³/mol. The van der Waals surface area contributed by atoms with E-state index in [1.165, 1.54) is 11.3 Å². The summed E-state index contributed by atoms with van der Waals surface area (Å²) in [6.07, 6.45) is 3.76. The van der Waals surface area contributed by atoms with Crippen LogP contribution in [0.15, 0.2) is 42.7 Å². The molecule has 0 unspecified atom stereocenters. The lowest BCUT2D eigenvalue weighted by molar-refractivity contribution is 0.102. The quantitative estimate of drug-likeness (QED) is 0.621. The van der Waals surface area contributed by atoms with Crippen molar-refractivity contribution in [1.82, 2.24) is 14.4 Å². The van der Waals surface area contributed by atoms with Crippen molar-refractivity contribution in [3.63, 3.8) is 0 Å². The van der Waals surface area contributed by atoms with Crippen LogP contribution in [0.3, 0.4) is 0 Å². The third-order valence-corrected chi connectivity index (χ3v) is 4.60. The molecule has 0 aliphatic rings. The van der Waals surface area contributed by atoms with Gasteiger partial charge in [0.15, 0.2) is 5.13 Å². The Labute approximate surface area is 141 Å². The van der Waals surface area contributed by atoms with Gasteiger partial charge in [0.05, 0.1) is 28.6 Å². The SMILES string of the molecule is COc1ccc2nc(NC(=O)c3cccn4cc(C)nc34)sc2c1. The van der Waals surface area contributed by atoms with Crippen LogP contribution >= 0.6 is 11.3 Å². The number of aryl methyl sites for hydroxylation is 1.